The predicted molar refractivity (Wildman–Crippen MR) is 125 cm³/mol. The second kappa shape index (κ2) is 14.6. The van der Waals surface area contributed by atoms with E-state index in [0.29, 0.717) is 26.4 Å². The number of benzene rings is 1. The average Bonchev–Trinajstić information content (AvgIpc) is 2.65. The molecule has 0 radical (unpaired) electrons. The summed E-state index contributed by atoms with van der Waals surface area (Å²) in [5, 5.41) is 3.93. The molecule has 0 aliphatic rings. The van der Waals surface area contributed by atoms with E-state index in [0.717, 1.165) is 48.3 Å². The molecule has 0 heterocycles. The summed E-state index contributed by atoms with van der Waals surface area (Å²) in [7, 11) is 0. The monoisotopic (exact) mass is 459 g/mol. The van der Waals surface area contributed by atoms with Crippen LogP contribution in [0.4, 0.5) is 0 Å². The van der Waals surface area contributed by atoms with Gasteiger partial charge >= 0.3 is 0 Å². The molecule has 7 heteroatoms. The van der Waals surface area contributed by atoms with Crippen molar-refractivity contribution in [3.8, 4) is 11.5 Å². The predicted octanol–water partition coefficient (Wildman–Crippen LogP) is 6.62. The molecule has 0 saturated heterocycles. The van der Waals surface area contributed by atoms with Crippen molar-refractivity contribution in [1.29, 1.82) is 0 Å². The lowest BCUT2D eigenvalue weighted by molar-refractivity contribution is 0.00128. The molecule has 0 amide bonds. The Labute approximate surface area is 191 Å². The first kappa shape index (κ1) is 26.6. The Hall–Kier alpha value is -1.43. The van der Waals surface area contributed by atoms with Crippen LogP contribution in [0.3, 0.4) is 0 Å². The summed E-state index contributed by atoms with van der Waals surface area (Å²) in [6.45, 7) is 12.4. The highest BCUT2D eigenvalue weighted by Crippen LogP contribution is 2.30. The van der Waals surface area contributed by atoms with Crippen LogP contribution in [0, 0.1) is 6.92 Å². The molecule has 1 aromatic rings. The zero-order valence-corrected chi connectivity index (χ0v) is 20.3. The summed E-state index contributed by atoms with van der Waals surface area (Å²) in [4.78, 5) is 5.27. The Morgan fingerprint density at radius 1 is 1.07 bits per heavy atom. The van der Waals surface area contributed by atoms with Crippen LogP contribution in [-0.4, -0.2) is 38.2 Å². The van der Waals surface area contributed by atoms with E-state index in [-0.39, 0.29) is 10.1 Å². The van der Waals surface area contributed by atoms with Gasteiger partial charge in [0.15, 0.2) is 0 Å². The summed E-state index contributed by atoms with van der Waals surface area (Å²) in [5.41, 5.74) is 1.92. The van der Waals surface area contributed by atoms with Crippen molar-refractivity contribution in [2.45, 2.75) is 65.9 Å². The lowest BCUT2D eigenvalue weighted by Gasteiger charge is -2.16. The van der Waals surface area contributed by atoms with Crippen molar-refractivity contribution < 1.29 is 19.0 Å². The third-order valence-corrected chi connectivity index (χ3v) is 4.22. The van der Waals surface area contributed by atoms with Gasteiger partial charge in [-0.25, -0.2) is 0 Å². The van der Waals surface area contributed by atoms with Crippen LogP contribution in [0.25, 0.3) is 0 Å². The number of unbranched alkanes of at least 4 members (excludes halogenated alkanes) is 1. The molecular weight excluding hydrogens is 425 g/mol. The van der Waals surface area contributed by atoms with Gasteiger partial charge in [-0.2, -0.15) is 0 Å². The maximum absolute atomic E-state index is 6.05. The quantitative estimate of drug-likeness (QED) is 0.178. The van der Waals surface area contributed by atoms with Crippen molar-refractivity contribution in [1.82, 2.24) is 0 Å². The normalized spacial score (nSPS) is 11.6. The third kappa shape index (κ3) is 12.3. The fourth-order valence-corrected chi connectivity index (χ4v) is 2.66. The minimum atomic E-state index is -0.253. The van der Waals surface area contributed by atoms with Crippen molar-refractivity contribution in [2.75, 3.05) is 26.4 Å². The number of nitrogens with zero attached hydrogens (tertiary/aromatic N) is 1. The molecule has 30 heavy (non-hydrogen) atoms. The van der Waals surface area contributed by atoms with Crippen LogP contribution in [-0.2, 0) is 16.0 Å². The van der Waals surface area contributed by atoms with Crippen LogP contribution in [0.5, 0.6) is 11.5 Å². The van der Waals surface area contributed by atoms with E-state index < -0.39 is 0 Å². The number of rotatable bonds is 14. The van der Waals surface area contributed by atoms with E-state index in [9.17, 15) is 0 Å². The molecule has 0 bridgehead atoms. The summed E-state index contributed by atoms with van der Waals surface area (Å²) in [6.07, 6.45) is 6.85. The molecule has 0 aromatic heterocycles. The number of hydrogen-bond acceptors (Lipinski definition) is 5. The van der Waals surface area contributed by atoms with Gasteiger partial charge < -0.3 is 19.0 Å². The van der Waals surface area contributed by atoms with Crippen LogP contribution in [0.1, 0.15) is 58.1 Å². The highest BCUT2D eigenvalue weighted by atomic mass is 35.5. The van der Waals surface area contributed by atoms with Crippen LogP contribution in [0.2, 0.25) is 0 Å². The SMILES string of the molecule is CCc1cc(OCC=C(Cl)Cl)cc(C)c1OCCCCOCC/C=N/OC(C)(C)C. The van der Waals surface area contributed by atoms with Gasteiger partial charge in [0.25, 0.3) is 0 Å². The van der Waals surface area contributed by atoms with Gasteiger partial charge in [-0.3, -0.25) is 0 Å². The third-order valence-electron chi connectivity index (χ3n) is 3.92. The molecule has 0 atom stereocenters. The number of oxime groups is 1. The zero-order chi connectivity index (χ0) is 22.4. The van der Waals surface area contributed by atoms with Gasteiger partial charge in [-0.1, -0.05) is 35.3 Å². The first-order valence-corrected chi connectivity index (χ1v) is 11.2. The summed E-state index contributed by atoms with van der Waals surface area (Å²) < 4.78 is 17.5. The van der Waals surface area contributed by atoms with Crippen LogP contribution >= 0.6 is 23.2 Å². The van der Waals surface area contributed by atoms with E-state index in [1.54, 1.807) is 12.3 Å². The largest absolute Gasteiger partial charge is 0.493 e. The van der Waals surface area contributed by atoms with Gasteiger partial charge in [0, 0.05) is 19.2 Å². The maximum Gasteiger partial charge on any atom is 0.129 e. The summed E-state index contributed by atoms with van der Waals surface area (Å²) >= 11 is 11.2. The van der Waals surface area contributed by atoms with Crippen LogP contribution < -0.4 is 9.47 Å². The Balaban J connectivity index is 2.28. The molecular formula is C23H35Cl2NO4. The lowest BCUT2D eigenvalue weighted by atomic mass is 10.1. The van der Waals surface area contributed by atoms with E-state index in [1.165, 1.54) is 0 Å². The summed E-state index contributed by atoms with van der Waals surface area (Å²) in [5.74, 6) is 1.72. The molecule has 0 aliphatic carbocycles. The van der Waals surface area contributed by atoms with Gasteiger partial charge in [-0.15, -0.1) is 0 Å². The Kier molecular flexibility index (Phi) is 12.9. The van der Waals surface area contributed by atoms with E-state index in [2.05, 4.69) is 12.1 Å². The highest BCUT2D eigenvalue weighted by Gasteiger charge is 2.10. The second-order valence-corrected chi connectivity index (χ2v) is 8.84. The average molecular weight is 460 g/mol. The molecule has 0 fully saturated rings. The molecule has 0 unspecified atom stereocenters. The molecule has 1 rings (SSSR count). The first-order chi connectivity index (χ1) is 14.2. The molecule has 170 valence electrons. The van der Waals surface area contributed by atoms with Gasteiger partial charge in [-0.05, 0) is 76.3 Å². The molecule has 0 aliphatic heterocycles. The Morgan fingerprint density at radius 3 is 2.47 bits per heavy atom. The Morgan fingerprint density at radius 2 is 1.80 bits per heavy atom. The van der Waals surface area contributed by atoms with Crippen molar-refractivity contribution in [3.05, 3.63) is 33.8 Å². The van der Waals surface area contributed by atoms with Gasteiger partial charge in [0.1, 0.15) is 28.2 Å². The van der Waals surface area contributed by atoms with Crippen molar-refractivity contribution >= 4 is 29.4 Å². The van der Waals surface area contributed by atoms with Crippen molar-refractivity contribution in [2.24, 2.45) is 5.16 Å². The minimum Gasteiger partial charge on any atom is -0.493 e. The molecule has 0 N–H and O–H groups in total. The van der Waals surface area contributed by atoms with Gasteiger partial charge in [0.2, 0.25) is 0 Å². The number of aryl methyl sites for hydroxylation is 2. The standard InChI is InChI=1S/C23H35Cl2NO4/c1-6-19-17-20(28-15-10-21(24)25)16-18(2)22(19)29-14-8-7-12-27-13-9-11-26-30-23(3,4)5/h10-11,16-17H,6-9,12-15H2,1-5H3/b26-11+. The maximum atomic E-state index is 6.05. The molecule has 0 spiro atoms. The minimum absolute atomic E-state index is 0.203. The fraction of sp³-hybridized carbons (Fsp3) is 0.609. The zero-order valence-electron chi connectivity index (χ0n) is 18.8. The number of halogens is 2. The second-order valence-electron chi connectivity index (χ2n) is 7.84. The molecule has 0 saturated carbocycles. The van der Waals surface area contributed by atoms with Gasteiger partial charge in [0.05, 0.1) is 13.2 Å². The lowest BCUT2D eigenvalue weighted by Crippen LogP contribution is -2.15. The smallest absolute Gasteiger partial charge is 0.129 e. The number of ether oxygens (including phenoxy) is 3. The Bertz CT molecular complexity index is 681. The van der Waals surface area contributed by atoms with Crippen molar-refractivity contribution in [3.63, 3.8) is 0 Å². The first-order valence-electron chi connectivity index (χ1n) is 10.4. The van der Waals surface area contributed by atoms with Crippen LogP contribution in [0.15, 0.2) is 27.9 Å². The van der Waals surface area contributed by atoms with E-state index >= 15 is 0 Å². The molecule has 5 nitrogen and oxygen atoms in total. The van der Waals surface area contributed by atoms with E-state index in [1.807, 2.05) is 39.8 Å². The fourth-order valence-electron chi connectivity index (χ4n) is 2.53. The highest BCUT2D eigenvalue weighted by molar-refractivity contribution is 6.55. The van der Waals surface area contributed by atoms with E-state index in [4.69, 9.17) is 42.3 Å². The topological polar surface area (TPSA) is 49.3 Å². The summed E-state index contributed by atoms with van der Waals surface area (Å²) in [6, 6.07) is 3.98. The number of hydrogen-bond donors (Lipinski definition) is 0. The molecule has 1 aromatic carbocycles.